The van der Waals surface area contributed by atoms with Crippen LogP contribution in [0.1, 0.15) is 10.5 Å². The number of anilines is 1. The van der Waals surface area contributed by atoms with E-state index in [1.165, 1.54) is 11.1 Å². The number of halogens is 1. The van der Waals surface area contributed by atoms with E-state index in [9.17, 15) is 4.79 Å². The molecule has 4 nitrogen and oxygen atoms in total. The van der Waals surface area contributed by atoms with Crippen molar-refractivity contribution in [3.8, 4) is 0 Å². The van der Waals surface area contributed by atoms with E-state index in [-0.39, 0.29) is 18.3 Å². The minimum absolute atomic E-state index is 0. The molecule has 1 aromatic rings. The van der Waals surface area contributed by atoms with E-state index >= 15 is 0 Å². The van der Waals surface area contributed by atoms with Crippen LogP contribution in [0.3, 0.4) is 0 Å². The summed E-state index contributed by atoms with van der Waals surface area (Å²) in [7, 11) is 3.35. The zero-order valence-electron chi connectivity index (χ0n) is 7.52. The van der Waals surface area contributed by atoms with Crippen molar-refractivity contribution in [2.75, 3.05) is 19.8 Å². The Bertz CT molecular complexity index is 301. The lowest BCUT2D eigenvalue weighted by Crippen LogP contribution is -2.22. The van der Waals surface area contributed by atoms with Crippen LogP contribution in [0.4, 0.5) is 5.69 Å². The Morgan fingerprint density at radius 1 is 1.54 bits per heavy atom. The number of nitrogens with two attached hydrogens (primary N) is 1. The number of hydrogen-bond acceptors (Lipinski definition) is 3. The summed E-state index contributed by atoms with van der Waals surface area (Å²) in [6.45, 7) is 0. The van der Waals surface area contributed by atoms with Crippen molar-refractivity contribution in [3.63, 3.8) is 0 Å². The van der Waals surface area contributed by atoms with Crippen LogP contribution in [0.5, 0.6) is 0 Å². The molecule has 0 aliphatic carbocycles. The van der Waals surface area contributed by atoms with Crippen LogP contribution in [0, 0.1) is 0 Å². The molecule has 0 spiro atoms. The lowest BCUT2D eigenvalue weighted by Gasteiger charge is -2.08. The fourth-order valence-electron chi connectivity index (χ4n) is 0.793. The summed E-state index contributed by atoms with van der Waals surface area (Å²) in [6.07, 6.45) is 1.52. The normalized spacial score (nSPS) is 8.77. The first kappa shape index (κ1) is 11.7. The molecule has 0 aromatic carbocycles. The summed E-state index contributed by atoms with van der Waals surface area (Å²) >= 11 is 0. The average molecular weight is 202 g/mol. The molecular formula is C8H12ClN3O. The number of pyridine rings is 1. The highest BCUT2D eigenvalue weighted by Gasteiger charge is 2.08. The van der Waals surface area contributed by atoms with Gasteiger partial charge in [-0.1, -0.05) is 0 Å². The monoisotopic (exact) mass is 201 g/mol. The predicted molar refractivity (Wildman–Crippen MR) is 53.9 cm³/mol. The molecule has 1 rings (SSSR count). The highest BCUT2D eigenvalue weighted by molar-refractivity contribution is 5.92. The molecular weight excluding hydrogens is 190 g/mol. The second kappa shape index (κ2) is 4.67. The zero-order valence-corrected chi connectivity index (χ0v) is 8.34. The number of carbonyl (C=O) groups is 1. The van der Waals surface area contributed by atoms with Gasteiger partial charge in [0.2, 0.25) is 0 Å². The Morgan fingerprint density at radius 2 is 2.15 bits per heavy atom. The predicted octanol–water partition coefficient (Wildman–Crippen LogP) is 0.787. The van der Waals surface area contributed by atoms with Crippen LogP contribution in [0.25, 0.3) is 0 Å². The molecule has 13 heavy (non-hydrogen) atoms. The molecule has 2 N–H and O–H groups in total. The number of nitrogen functional groups attached to an aromatic ring is 1. The third kappa shape index (κ3) is 2.91. The zero-order chi connectivity index (χ0) is 9.14. The van der Waals surface area contributed by atoms with Crippen molar-refractivity contribution in [1.82, 2.24) is 9.88 Å². The van der Waals surface area contributed by atoms with Gasteiger partial charge in [-0.05, 0) is 12.1 Å². The average Bonchev–Trinajstić information content (AvgIpc) is 2.03. The summed E-state index contributed by atoms with van der Waals surface area (Å²) in [5, 5.41) is 0. The summed E-state index contributed by atoms with van der Waals surface area (Å²) in [4.78, 5) is 16.7. The molecule has 0 atom stereocenters. The maximum atomic E-state index is 11.3. The van der Waals surface area contributed by atoms with E-state index in [2.05, 4.69) is 4.98 Å². The first-order valence-electron chi connectivity index (χ1n) is 3.54. The number of rotatable bonds is 1. The topological polar surface area (TPSA) is 59.2 Å². The van der Waals surface area contributed by atoms with E-state index in [0.717, 1.165) is 0 Å². The Morgan fingerprint density at radius 3 is 2.62 bits per heavy atom. The summed E-state index contributed by atoms with van der Waals surface area (Å²) in [5.74, 6) is -0.137. The maximum absolute atomic E-state index is 11.3. The Balaban J connectivity index is 0.00000144. The van der Waals surface area contributed by atoms with E-state index in [4.69, 9.17) is 5.73 Å². The number of carbonyl (C=O) groups excluding carboxylic acids is 1. The fraction of sp³-hybridized carbons (Fsp3) is 0.250. The highest BCUT2D eigenvalue weighted by atomic mass is 35.5. The van der Waals surface area contributed by atoms with Crippen LogP contribution >= 0.6 is 12.4 Å². The second-order valence-corrected chi connectivity index (χ2v) is 2.67. The van der Waals surface area contributed by atoms with E-state index < -0.39 is 0 Å². The van der Waals surface area contributed by atoms with Gasteiger partial charge in [-0.2, -0.15) is 0 Å². The Kier molecular flexibility index (Phi) is 4.20. The van der Waals surface area contributed by atoms with Gasteiger partial charge < -0.3 is 10.6 Å². The van der Waals surface area contributed by atoms with Crippen molar-refractivity contribution in [2.24, 2.45) is 0 Å². The molecule has 0 radical (unpaired) electrons. The lowest BCUT2D eigenvalue weighted by atomic mass is 10.3. The minimum Gasteiger partial charge on any atom is -0.399 e. The standard InChI is InChI=1S/C8H11N3O.ClH/c1-11(2)8(12)7-5-6(9)3-4-10-7;/h3-5H,1-2H3,(H2,9,10);1H. The van der Waals surface area contributed by atoms with Crippen LogP contribution in [0.15, 0.2) is 18.3 Å². The van der Waals surface area contributed by atoms with Gasteiger partial charge in [0.15, 0.2) is 0 Å². The number of aromatic nitrogens is 1. The van der Waals surface area contributed by atoms with Crippen LogP contribution < -0.4 is 5.73 Å². The van der Waals surface area contributed by atoms with Crippen molar-refractivity contribution in [1.29, 1.82) is 0 Å². The lowest BCUT2D eigenvalue weighted by molar-refractivity contribution is 0.0822. The van der Waals surface area contributed by atoms with Gasteiger partial charge in [0.1, 0.15) is 5.69 Å². The van der Waals surface area contributed by atoms with Crippen molar-refractivity contribution >= 4 is 24.0 Å². The quantitative estimate of drug-likeness (QED) is 0.731. The van der Waals surface area contributed by atoms with Gasteiger partial charge >= 0.3 is 0 Å². The SMILES string of the molecule is CN(C)C(=O)c1cc(N)ccn1.Cl. The Labute approximate surface area is 83.2 Å². The van der Waals surface area contributed by atoms with Gasteiger partial charge in [-0.3, -0.25) is 9.78 Å². The van der Waals surface area contributed by atoms with Crippen LogP contribution in [0.2, 0.25) is 0 Å². The molecule has 0 aliphatic rings. The van der Waals surface area contributed by atoms with Crippen molar-refractivity contribution < 1.29 is 4.79 Å². The molecule has 0 saturated carbocycles. The molecule has 1 aromatic heterocycles. The Hall–Kier alpha value is -1.29. The van der Waals surface area contributed by atoms with E-state index in [1.807, 2.05) is 0 Å². The van der Waals surface area contributed by atoms with E-state index in [0.29, 0.717) is 11.4 Å². The highest BCUT2D eigenvalue weighted by Crippen LogP contribution is 2.04. The molecule has 0 bridgehead atoms. The summed E-state index contributed by atoms with van der Waals surface area (Å²) < 4.78 is 0. The first-order chi connectivity index (χ1) is 5.61. The third-order valence-electron chi connectivity index (χ3n) is 1.41. The van der Waals surface area contributed by atoms with Gasteiger partial charge in [0.25, 0.3) is 5.91 Å². The largest absolute Gasteiger partial charge is 0.399 e. The van der Waals surface area contributed by atoms with E-state index in [1.54, 1.807) is 26.2 Å². The van der Waals surface area contributed by atoms with Gasteiger partial charge in [-0.25, -0.2) is 0 Å². The molecule has 1 amide bonds. The third-order valence-corrected chi connectivity index (χ3v) is 1.41. The number of amides is 1. The maximum Gasteiger partial charge on any atom is 0.272 e. The molecule has 0 fully saturated rings. The van der Waals surface area contributed by atoms with Crippen molar-refractivity contribution in [3.05, 3.63) is 24.0 Å². The number of hydrogen-bond donors (Lipinski definition) is 1. The molecule has 0 saturated heterocycles. The molecule has 5 heteroatoms. The minimum atomic E-state index is -0.137. The van der Waals surface area contributed by atoms with Crippen molar-refractivity contribution in [2.45, 2.75) is 0 Å². The summed E-state index contributed by atoms with van der Waals surface area (Å²) in [5.41, 5.74) is 6.41. The van der Waals surface area contributed by atoms with Gasteiger partial charge in [0, 0.05) is 26.0 Å². The number of nitrogens with zero attached hydrogens (tertiary/aromatic N) is 2. The summed E-state index contributed by atoms with van der Waals surface area (Å²) in [6, 6.07) is 3.20. The van der Waals surface area contributed by atoms with Gasteiger partial charge in [-0.15, -0.1) is 12.4 Å². The van der Waals surface area contributed by atoms with Crippen LogP contribution in [-0.4, -0.2) is 29.9 Å². The fourth-order valence-corrected chi connectivity index (χ4v) is 0.793. The molecule has 0 aliphatic heterocycles. The second-order valence-electron chi connectivity index (χ2n) is 2.67. The molecule has 0 unspecified atom stereocenters. The van der Waals surface area contributed by atoms with Gasteiger partial charge in [0.05, 0.1) is 0 Å². The molecule has 1 heterocycles. The smallest absolute Gasteiger partial charge is 0.272 e. The molecule has 72 valence electrons. The first-order valence-corrected chi connectivity index (χ1v) is 3.54. The van der Waals surface area contributed by atoms with Crippen LogP contribution in [-0.2, 0) is 0 Å².